The lowest BCUT2D eigenvalue weighted by atomic mass is 9.88. The minimum atomic E-state index is -1.05. The van der Waals surface area contributed by atoms with Crippen LogP contribution in [0.3, 0.4) is 0 Å². The summed E-state index contributed by atoms with van der Waals surface area (Å²) < 4.78 is 7.45. The number of benzene rings is 2. The van der Waals surface area contributed by atoms with Crippen molar-refractivity contribution in [1.82, 2.24) is 9.66 Å². The van der Waals surface area contributed by atoms with Gasteiger partial charge in [-0.2, -0.15) is 9.78 Å². The fourth-order valence-electron chi connectivity index (χ4n) is 3.86. The van der Waals surface area contributed by atoms with E-state index in [-0.39, 0.29) is 11.5 Å². The first-order valence-corrected chi connectivity index (χ1v) is 11.0. The molecule has 2 aromatic carbocycles. The van der Waals surface area contributed by atoms with Crippen molar-refractivity contribution < 1.29 is 14.6 Å². The molecule has 1 heterocycles. The van der Waals surface area contributed by atoms with Crippen LogP contribution in [-0.2, 0) is 4.79 Å². The molecule has 0 radical (unpaired) electrons. The van der Waals surface area contributed by atoms with Gasteiger partial charge in [0.15, 0.2) is 6.61 Å². The molecule has 0 aliphatic heterocycles. The van der Waals surface area contributed by atoms with Crippen LogP contribution >= 0.6 is 15.9 Å². The van der Waals surface area contributed by atoms with Gasteiger partial charge in [0.1, 0.15) is 11.6 Å². The number of hydrogen-bond donors (Lipinski definition) is 1. The van der Waals surface area contributed by atoms with Gasteiger partial charge in [-0.15, -0.1) is 0 Å². The van der Waals surface area contributed by atoms with Crippen LogP contribution < -0.4 is 10.3 Å². The summed E-state index contributed by atoms with van der Waals surface area (Å²) in [5.41, 5.74) is 1.16. The third kappa shape index (κ3) is 5.02. The zero-order valence-electron chi connectivity index (χ0n) is 16.8. The van der Waals surface area contributed by atoms with Crippen molar-refractivity contribution in [2.75, 3.05) is 6.61 Å². The molecule has 0 saturated heterocycles. The van der Waals surface area contributed by atoms with Gasteiger partial charge in [0.25, 0.3) is 5.56 Å². The minimum Gasteiger partial charge on any atom is -0.482 e. The number of rotatable bonds is 6. The molecule has 1 fully saturated rings. The zero-order valence-corrected chi connectivity index (χ0v) is 18.4. The molecule has 160 valence electrons. The maximum absolute atomic E-state index is 13.3. The van der Waals surface area contributed by atoms with E-state index < -0.39 is 12.6 Å². The van der Waals surface area contributed by atoms with E-state index in [0.29, 0.717) is 28.0 Å². The zero-order chi connectivity index (χ0) is 21.8. The fourth-order valence-corrected chi connectivity index (χ4v) is 4.22. The van der Waals surface area contributed by atoms with Crippen LogP contribution in [0.1, 0.15) is 49.4 Å². The molecule has 0 bridgehead atoms. The van der Waals surface area contributed by atoms with Crippen molar-refractivity contribution in [3.05, 3.63) is 68.7 Å². The van der Waals surface area contributed by atoms with E-state index in [1.54, 1.807) is 30.5 Å². The first-order chi connectivity index (χ1) is 15.0. The molecule has 1 saturated carbocycles. The molecule has 1 aromatic heterocycles. The summed E-state index contributed by atoms with van der Waals surface area (Å²) in [6.45, 7) is -0.421. The second-order valence-electron chi connectivity index (χ2n) is 7.58. The number of aliphatic carboxylic acids is 1. The van der Waals surface area contributed by atoms with Crippen LogP contribution in [-0.4, -0.2) is 33.6 Å². The van der Waals surface area contributed by atoms with Gasteiger partial charge < -0.3 is 9.84 Å². The molecule has 0 unspecified atom stereocenters. The maximum Gasteiger partial charge on any atom is 0.341 e. The van der Waals surface area contributed by atoms with Crippen LogP contribution in [0.5, 0.6) is 5.75 Å². The van der Waals surface area contributed by atoms with Crippen molar-refractivity contribution in [1.29, 1.82) is 0 Å². The highest BCUT2D eigenvalue weighted by Crippen LogP contribution is 2.32. The second-order valence-corrected chi connectivity index (χ2v) is 8.50. The highest BCUT2D eigenvalue weighted by Gasteiger charge is 2.22. The van der Waals surface area contributed by atoms with Crippen molar-refractivity contribution in [2.45, 2.75) is 38.0 Å². The second kappa shape index (κ2) is 9.43. The standard InChI is InChI=1S/C23H22BrN3O4/c24-17-9-10-20-19(12-17)23(30)27(22(26-20)16-6-2-1-3-7-16)25-13-15-5-4-8-18(11-15)31-14-21(28)29/h4-5,8-13,16H,1-3,6-7,14H2,(H,28,29). The summed E-state index contributed by atoms with van der Waals surface area (Å²) in [6.07, 6.45) is 6.99. The first-order valence-electron chi connectivity index (χ1n) is 10.2. The van der Waals surface area contributed by atoms with E-state index in [1.165, 1.54) is 11.1 Å². The van der Waals surface area contributed by atoms with Gasteiger partial charge in [-0.25, -0.2) is 9.78 Å². The molecule has 7 nitrogen and oxygen atoms in total. The van der Waals surface area contributed by atoms with Gasteiger partial charge in [0.05, 0.1) is 17.1 Å². The number of ether oxygens (including phenoxy) is 1. The van der Waals surface area contributed by atoms with E-state index in [9.17, 15) is 9.59 Å². The summed E-state index contributed by atoms with van der Waals surface area (Å²) >= 11 is 3.42. The molecule has 4 rings (SSSR count). The Morgan fingerprint density at radius 1 is 1.23 bits per heavy atom. The molecule has 8 heteroatoms. The van der Waals surface area contributed by atoms with Crippen LogP contribution in [0.25, 0.3) is 10.9 Å². The number of carboxylic acid groups (broad SMARTS) is 1. The molecule has 0 atom stereocenters. The highest BCUT2D eigenvalue weighted by atomic mass is 79.9. The molecule has 31 heavy (non-hydrogen) atoms. The topological polar surface area (TPSA) is 93.8 Å². The minimum absolute atomic E-state index is 0.192. The Morgan fingerprint density at radius 3 is 2.81 bits per heavy atom. The highest BCUT2D eigenvalue weighted by molar-refractivity contribution is 9.10. The maximum atomic E-state index is 13.3. The molecule has 1 aliphatic rings. The number of aromatic nitrogens is 2. The largest absolute Gasteiger partial charge is 0.482 e. The van der Waals surface area contributed by atoms with Gasteiger partial charge in [0, 0.05) is 10.4 Å². The fraction of sp³-hybridized carbons (Fsp3) is 0.304. The number of carboxylic acids is 1. The predicted molar refractivity (Wildman–Crippen MR) is 122 cm³/mol. The molecule has 1 aliphatic carbocycles. The summed E-state index contributed by atoms with van der Waals surface area (Å²) in [4.78, 5) is 28.9. The quantitative estimate of drug-likeness (QED) is 0.518. The Labute approximate surface area is 187 Å². The average Bonchev–Trinajstić information content (AvgIpc) is 2.78. The molecular formula is C23H22BrN3O4. The normalized spacial score (nSPS) is 14.9. The number of halogens is 1. The summed E-state index contributed by atoms with van der Waals surface area (Å²) in [5, 5.41) is 13.8. The van der Waals surface area contributed by atoms with E-state index in [0.717, 1.165) is 30.2 Å². The number of carbonyl (C=O) groups is 1. The van der Waals surface area contributed by atoms with Gasteiger partial charge >= 0.3 is 5.97 Å². The third-order valence-electron chi connectivity index (χ3n) is 5.35. The smallest absolute Gasteiger partial charge is 0.341 e. The Bertz CT molecular complexity index is 1200. The van der Waals surface area contributed by atoms with Gasteiger partial charge in [-0.3, -0.25) is 4.79 Å². The van der Waals surface area contributed by atoms with E-state index >= 15 is 0 Å². The van der Waals surface area contributed by atoms with Gasteiger partial charge in [-0.05, 0) is 48.7 Å². The van der Waals surface area contributed by atoms with Crippen LogP contribution in [0.4, 0.5) is 0 Å². The Morgan fingerprint density at radius 2 is 2.03 bits per heavy atom. The summed E-state index contributed by atoms with van der Waals surface area (Å²) in [7, 11) is 0. The van der Waals surface area contributed by atoms with Crippen molar-refractivity contribution >= 4 is 39.0 Å². The third-order valence-corrected chi connectivity index (χ3v) is 5.84. The van der Waals surface area contributed by atoms with E-state index in [4.69, 9.17) is 14.8 Å². The lowest BCUT2D eigenvalue weighted by Crippen LogP contribution is -2.25. The number of fused-ring (bicyclic) bond motifs is 1. The van der Waals surface area contributed by atoms with Crippen LogP contribution in [0.2, 0.25) is 0 Å². The Balaban J connectivity index is 1.75. The molecule has 0 amide bonds. The predicted octanol–water partition coefficient (Wildman–Crippen LogP) is 4.55. The molecule has 0 spiro atoms. The van der Waals surface area contributed by atoms with Crippen molar-refractivity contribution in [3.8, 4) is 5.75 Å². The lowest BCUT2D eigenvalue weighted by Gasteiger charge is -2.22. The van der Waals surface area contributed by atoms with Crippen LogP contribution in [0.15, 0.2) is 56.8 Å². The van der Waals surface area contributed by atoms with Crippen LogP contribution in [0, 0.1) is 0 Å². The van der Waals surface area contributed by atoms with Gasteiger partial charge in [0.2, 0.25) is 0 Å². The number of hydrogen-bond acceptors (Lipinski definition) is 5. The SMILES string of the molecule is O=C(O)COc1cccc(C=Nn2c(C3CCCCC3)nc3ccc(Br)cc3c2=O)c1. The van der Waals surface area contributed by atoms with E-state index in [2.05, 4.69) is 21.0 Å². The monoisotopic (exact) mass is 483 g/mol. The summed E-state index contributed by atoms with van der Waals surface area (Å²) in [6, 6.07) is 12.4. The number of nitrogens with zero attached hydrogens (tertiary/aromatic N) is 3. The lowest BCUT2D eigenvalue weighted by molar-refractivity contribution is -0.139. The molecule has 3 aromatic rings. The van der Waals surface area contributed by atoms with Crippen molar-refractivity contribution in [2.24, 2.45) is 5.10 Å². The first kappa shape index (κ1) is 21.2. The van der Waals surface area contributed by atoms with Crippen molar-refractivity contribution in [3.63, 3.8) is 0 Å². The summed E-state index contributed by atoms with van der Waals surface area (Å²) in [5.74, 6) is 0.258. The molecule has 1 N–H and O–H groups in total. The Hall–Kier alpha value is -3.00. The van der Waals surface area contributed by atoms with Gasteiger partial charge in [-0.1, -0.05) is 47.3 Å². The van der Waals surface area contributed by atoms with E-state index in [1.807, 2.05) is 18.2 Å². The average molecular weight is 484 g/mol. The Kier molecular flexibility index (Phi) is 6.46. The molecular weight excluding hydrogens is 462 g/mol.